The first-order chi connectivity index (χ1) is 14.4. The largest absolute Gasteiger partial charge is 0.439 e. The van der Waals surface area contributed by atoms with E-state index >= 15 is 0 Å². The molecule has 5 nitrogen and oxygen atoms in total. The molecule has 4 rings (SSSR count). The SMILES string of the molecule is Cc1ccc(-c2c(NC(=O)C[NH+]3CCC(C)CC3)oc3ccc(Cl)cc3c2=O)cc1. The van der Waals surface area contributed by atoms with Crippen LogP contribution in [0.3, 0.4) is 0 Å². The Morgan fingerprint density at radius 1 is 1.17 bits per heavy atom. The number of halogens is 1. The number of amides is 1. The molecule has 1 aromatic heterocycles. The molecule has 3 aromatic rings. The van der Waals surface area contributed by atoms with Crippen molar-refractivity contribution in [3.8, 4) is 11.1 Å². The van der Waals surface area contributed by atoms with Gasteiger partial charge in [0.1, 0.15) is 5.58 Å². The van der Waals surface area contributed by atoms with Crippen molar-refractivity contribution in [1.29, 1.82) is 0 Å². The molecule has 1 fully saturated rings. The van der Waals surface area contributed by atoms with Gasteiger partial charge in [0.05, 0.1) is 24.0 Å². The highest BCUT2D eigenvalue weighted by atomic mass is 35.5. The molecule has 0 radical (unpaired) electrons. The van der Waals surface area contributed by atoms with Gasteiger partial charge in [0.25, 0.3) is 5.91 Å². The molecule has 0 saturated carbocycles. The summed E-state index contributed by atoms with van der Waals surface area (Å²) in [6.45, 7) is 6.57. The molecule has 156 valence electrons. The Bertz CT molecular complexity index is 1130. The third-order valence-corrected chi connectivity index (χ3v) is 6.07. The number of piperidine rings is 1. The second kappa shape index (κ2) is 8.62. The van der Waals surface area contributed by atoms with E-state index in [-0.39, 0.29) is 17.2 Å². The van der Waals surface area contributed by atoms with Gasteiger partial charge in [-0.2, -0.15) is 0 Å². The Kier molecular flexibility index (Phi) is 5.93. The topological polar surface area (TPSA) is 63.8 Å². The van der Waals surface area contributed by atoms with Crippen LogP contribution in [0.1, 0.15) is 25.3 Å². The second-order valence-corrected chi connectivity index (χ2v) is 8.74. The van der Waals surface area contributed by atoms with Crippen LogP contribution < -0.4 is 15.6 Å². The van der Waals surface area contributed by atoms with E-state index in [1.807, 2.05) is 31.2 Å². The van der Waals surface area contributed by atoms with Crippen LogP contribution in [0.5, 0.6) is 0 Å². The fraction of sp³-hybridized carbons (Fsp3) is 0.333. The Balaban J connectivity index is 1.71. The number of nitrogens with one attached hydrogen (secondary N) is 2. The quantitative estimate of drug-likeness (QED) is 0.670. The predicted octanol–water partition coefficient (Wildman–Crippen LogP) is 3.68. The van der Waals surface area contributed by atoms with Crippen molar-refractivity contribution in [2.45, 2.75) is 26.7 Å². The molecule has 1 aliphatic rings. The third kappa shape index (κ3) is 4.42. The molecular formula is C24H26ClN2O3+. The van der Waals surface area contributed by atoms with Gasteiger partial charge in [-0.3, -0.25) is 14.9 Å². The van der Waals surface area contributed by atoms with Gasteiger partial charge in [0.15, 0.2) is 6.54 Å². The number of carbonyl (C=O) groups is 1. The minimum Gasteiger partial charge on any atom is -0.439 e. The zero-order valence-corrected chi connectivity index (χ0v) is 18.0. The van der Waals surface area contributed by atoms with Crippen LogP contribution in [-0.2, 0) is 4.79 Å². The molecule has 0 bridgehead atoms. The van der Waals surface area contributed by atoms with Crippen LogP contribution in [0.15, 0.2) is 51.7 Å². The van der Waals surface area contributed by atoms with Gasteiger partial charge in [-0.05, 0) is 49.4 Å². The average molecular weight is 426 g/mol. The van der Waals surface area contributed by atoms with Crippen molar-refractivity contribution in [2.24, 2.45) is 5.92 Å². The van der Waals surface area contributed by atoms with Crippen LogP contribution in [-0.4, -0.2) is 25.5 Å². The number of aryl methyl sites for hydroxylation is 1. The minimum absolute atomic E-state index is 0.149. The highest BCUT2D eigenvalue weighted by Crippen LogP contribution is 2.30. The van der Waals surface area contributed by atoms with E-state index in [0.29, 0.717) is 33.7 Å². The van der Waals surface area contributed by atoms with Crippen molar-refractivity contribution >= 4 is 34.4 Å². The molecule has 2 N–H and O–H groups in total. The molecular weight excluding hydrogens is 400 g/mol. The summed E-state index contributed by atoms with van der Waals surface area (Å²) in [7, 11) is 0. The predicted molar refractivity (Wildman–Crippen MR) is 120 cm³/mol. The maximum atomic E-state index is 13.3. The van der Waals surface area contributed by atoms with Crippen molar-refractivity contribution in [3.05, 3.63) is 63.3 Å². The fourth-order valence-electron chi connectivity index (χ4n) is 3.98. The Hall–Kier alpha value is -2.63. The summed E-state index contributed by atoms with van der Waals surface area (Å²) in [5.74, 6) is 0.758. The lowest BCUT2D eigenvalue weighted by atomic mass is 9.99. The zero-order valence-electron chi connectivity index (χ0n) is 17.3. The molecule has 0 aliphatic carbocycles. The van der Waals surface area contributed by atoms with E-state index in [1.165, 1.54) is 4.90 Å². The maximum absolute atomic E-state index is 13.3. The number of fused-ring (bicyclic) bond motifs is 1. The van der Waals surface area contributed by atoms with E-state index < -0.39 is 0 Å². The molecule has 1 saturated heterocycles. The summed E-state index contributed by atoms with van der Waals surface area (Å²) in [6.07, 6.45) is 2.26. The number of anilines is 1. The first kappa shape index (κ1) is 20.6. The number of benzene rings is 2. The van der Waals surface area contributed by atoms with Gasteiger partial charge in [0, 0.05) is 5.02 Å². The second-order valence-electron chi connectivity index (χ2n) is 8.30. The van der Waals surface area contributed by atoms with Crippen LogP contribution in [0.25, 0.3) is 22.1 Å². The van der Waals surface area contributed by atoms with Gasteiger partial charge >= 0.3 is 0 Å². The normalized spacial score (nSPS) is 19.0. The average Bonchev–Trinajstić information content (AvgIpc) is 2.72. The number of likely N-dealkylation sites (tertiary alicyclic amines) is 1. The maximum Gasteiger partial charge on any atom is 0.281 e. The first-order valence-corrected chi connectivity index (χ1v) is 10.8. The molecule has 0 atom stereocenters. The Morgan fingerprint density at radius 2 is 1.87 bits per heavy atom. The highest BCUT2D eigenvalue weighted by molar-refractivity contribution is 6.31. The standard InChI is InChI=1S/C24H25ClN2O3/c1-15-3-5-17(6-4-15)22-23(29)19-13-18(25)7-8-20(19)30-24(22)26-21(28)14-27-11-9-16(2)10-12-27/h3-8,13,16H,9-12,14H2,1-2H3,(H,26,28)/p+1. The summed E-state index contributed by atoms with van der Waals surface area (Å²) in [6, 6.07) is 12.5. The van der Waals surface area contributed by atoms with E-state index in [2.05, 4.69) is 12.2 Å². The zero-order chi connectivity index (χ0) is 21.3. The van der Waals surface area contributed by atoms with Crippen molar-refractivity contribution in [3.63, 3.8) is 0 Å². The van der Waals surface area contributed by atoms with Crippen molar-refractivity contribution in [2.75, 3.05) is 25.0 Å². The lowest BCUT2D eigenvalue weighted by Gasteiger charge is -2.26. The van der Waals surface area contributed by atoms with Gasteiger partial charge in [0.2, 0.25) is 11.3 Å². The lowest BCUT2D eigenvalue weighted by molar-refractivity contribution is -0.897. The number of rotatable bonds is 4. The molecule has 1 amide bonds. The fourth-order valence-corrected chi connectivity index (χ4v) is 4.15. The Labute approximate surface area is 180 Å². The van der Waals surface area contributed by atoms with Crippen LogP contribution in [0.4, 0.5) is 5.88 Å². The number of hydrogen-bond acceptors (Lipinski definition) is 3. The molecule has 0 spiro atoms. The van der Waals surface area contributed by atoms with E-state index in [4.69, 9.17) is 16.0 Å². The smallest absolute Gasteiger partial charge is 0.281 e. The monoisotopic (exact) mass is 425 g/mol. The lowest BCUT2D eigenvalue weighted by Crippen LogP contribution is -3.14. The first-order valence-electron chi connectivity index (χ1n) is 10.4. The van der Waals surface area contributed by atoms with Crippen LogP contribution in [0, 0.1) is 12.8 Å². The van der Waals surface area contributed by atoms with Crippen LogP contribution in [0.2, 0.25) is 5.02 Å². The number of hydrogen-bond donors (Lipinski definition) is 2. The van der Waals surface area contributed by atoms with Crippen LogP contribution >= 0.6 is 11.6 Å². The van der Waals surface area contributed by atoms with E-state index in [9.17, 15) is 9.59 Å². The number of quaternary nitrogens is 1. The Morgan fingerprint density at radius 3 is 2.57 bits per heavy atom. The molecule has 0 unspecified atom stereocenters. The number of carbonyl (C=O) groups excluding carboxylic acids is 1. The van der Waals surface area contributed by atoms with E-state index in [1.54, 1.807) is 18.2 Å². The summed E-state index contributed by atoms with van der Waals surface area (Å²) in [5, 5.41) is 3.73. The molecule has 2 aromatic carbocycles. The van der Waals surface area contributed by atoms with Crippen molar-refractivity contribution in [1.82, 2.24) is 0 Å². The van der Waals surface area contributed by atoms with Gasteiger partial charge in [-0.15, -0.1) is 0 Å². The van der Waals surface area contributed by atoms with Gasteiger partial charge < -0.3 is 9.32 Å². The summed E-state index contributed by atoms with van der Waals surface area (Å²) >= 11 is 6.10. The van der Waals surface area contributed by atoms with Gasteiger partial charge in [-0.25, -0.2) is 0 Å². The summed E-state index contributed by atoms with van der Waals surface area (Å²) < 4.78 is 5.99. The van der Waals surface area contributed by atoms with Gasteiger partial charge in [-0.1, -0.05) is 48.4 Å². The minimum atomic E-state index is -0.211. The molecule has 1 aliphatic heterocycles. The summed E-state index contributed by atoms with van der Waals surface area (Å²) in [5.41, 5.74) is 2.32. The molecule has 6 heteroatoms. The molecule has 2 heterocycles. The highest BCUT2D eigenvalue weighted by Gasteiger charge is 2.24. The van der Waals surface area contributed by atoms with Crippen molar-refractivity contribution < 1.29 is 14.1 Å². The summed E-state index contributed by atoms with van der Waals surface area (Å²) in [4.78, 5) is 27.4. The van der Waals surface area contributed by atoms with E-state index in [0.717, 1.165) is 37.4 Å². The third-order valence-electron chi connectivity index (χ3n) is 5.84. The molecule has 30 heavy (non-hydrogen) atoms.